The number of hydrogen-bond donors (Lipinski definition) is 1. The predicted molar refractivity (Wildman–Crippen MR) is 131 cm³/mol. The van der Waals surface area contributed by atoms with Gasteiger partial charge in [-0.15, -0.1) is 6.58 Å². The Morgan fingerprint density at radius 3 is 2.71 bits per heavy atom. The molecule has 0 saturated carbocycles. The van der Waals surface area contributed by atoms with Gasteiger partial charge in [0.25, 0.3) is 5.91 Å². The molecule has 1 spiro atoms. The predicted octanol–water partition coefficient (Wildman–Crippen LogP) is 2.39. The Bertz CT molecular complexity index is 1060. The molecule has 190 valence electrons. The Hall–Kier alpha value is -2.71. The molecule has 3 aliphatic heterocycles. The Labute approximate surface area is 206 Å². The molecule has 0 radical (unpaired) electrons. The van der Waals surface area contributed by atoms with Gasteiger partial charge in [-0.3, -0.25) is 14.4 Å². The third-order valence-corrected chi connectivity index (χ3v) is 8.16. The molecule has 3 fully saturated rings. The summed E-state index contributed by atoms with van der Waals surface area (Å²) in [5.41, 5.74) is 0.560. The molecule has 0 aromatic heterocycles. The van der Waals surface area contributed by atoms with Crippen LogP contribution in [-0.2, 0) is 23.9 Å². The lowest BCUT2D eigenvalue weighted by Gasteiger charge is -2.37. The molecular weight excluding hydrogens is 448 g/mol. The van der Waals surface area contributed by atoms with Crippen molar-refractivity contribution >= 4 is 23.5 Å². The van der Waals surface area contributed by atoms with Gasteiger partial charge in [0.15, 0.2) is 0 Å². The van der Waals surface area contributed by atoms with E-state index in [-0.39, 0.29) is 44.0 Å². The average Bonchev–Trinajstić information content (AvgIpc) is 3.31. The number of rotatable bonds is 8. The first kappa shape index (κ1) is 25.4. The number of aliphatic hydroxyl groups is 1. The topological polar surface area (TPSA) is 96.4 Å². The summed E-state index contributed by atoms with van der Waals surface area (Å²) in [7, 11) is 0. The van der Waals surface area contributed by atoms with Gasteiger partial charge >= 0.3 is 5.97 Å². The number of hydrogen-bond acceptors (Lipinski definition) is 6. The van der Waals surface area contributed by atoms with Crippen LogP contribution in [0.1, 0.15) is 38.3 Å². The highest BCUT2D eigenvalue weighted by molar-refractivity contribution is 6.05. The number of carbonyl (C=O) groups is 3. The van der Waals surface area contributed by atoms with E-state index in [1.54, 1.807) is 17.9 Å². The van der Waals surface area contributed by atoms with Crippen LogP contribution in [0.5, 0.6) is 0 Å². The first-order chi connectivity index (χ1) is 16.6. The summed E-state index contributed by atoms with van der Waals surface area (Å²) in [5.74, 6) is -2.84. The number of nitrogens with zero attached hydrogens (tertiary/aromatic N) is 2. The summed E-state index contributed by atoms with van der Waals surface area (Å²) in [6.45, 7) is 13.4. The lowest BCUT2D eigenvalue weighted by atomic mass is 9.62. The Kier molecular flexibility index (Phi) is 6.57. The van der Waals surface area contributed by atoms with Gasteiger partial charge in [0, 0.05) is 18.8 Å². The maximum atomic E-state index is 14.4. The fourth-order valence-corrected chi connectivity index (χ4v) is 6.55. The Balaban J connectivity index is 1.85. The van der Waals surface area contributed by atoms with E-state index < -0.39 is 35.0 Å². The van der Waals surface area contributed by atoms with E-state index in [0.29, 0.717) is 6.42 Å². The van der Waals surface area contributed by atoms with Gasteiger partial charge in [0.2, 0.25) is 5.91 Å². The number of anilines is 1. The van der Waals surface area contributed by atoms with E-state index in [2.05, 4.69) is 6.58 Å². The number of likely N-dealkylation sites (tertiary alicyclic amines) is 1. The molecule has 3 heterocycles. The second-order valence-corrected chi connectivity index (χ2v) is 10.2. The highest BCUT2D eigenvalue weighted by Gasteiger charge is 2.80. The number of carbonyl (C=O) groups excluding carboxylic acids is 3. The monoisotopic (exact) mass is 484 g/mol. The molecule has 1 N–H and O–H groups in total. The number of β-amino-alcohol motifs (C(OH)–C–C–N with tert-alkyl or cyclic N) is 1. The quantitative estimate of drug-likeness (QED) is 0.450. The van der Waals surface area contributed by atoms with E-state index in [0.717, 1.165) is 16.8 Å². The van der Waals surface area contributed by atoms with Crippen LogP contribution in [0.3, 0.4) is 0 Å². The average molecular weight is 485 g/mol. The van der Waals surface area contributed by atoms with Crippen LogP contribution >= 0.6 is 0 Å². The van der Waals surface area contributed by atoms with Crippen LogP contribution in [0.15, 0.2) is 30.9 Å². The van der Waals surface area contributed by atoms with Crippen LogP contribution in [0.4, 0.5) is 5.69 Å². The molecule has 3 saturated heterocycles. The van der Waals surface area contributed by atoms with Crippen molar-refractivity contribution in [1.82, 2.24) is 4.90 Å². The van der Waals surface area contributed by atoms with Crippen molar-refractivity contribution in [3.05, 3.63) is 42.0 Å². The molecule has 4 rings (SSSR count). The van der Waals surface area contributed by atoms with Crippen LogP contribution < -0.4 is 4.90 Å². The first-order valence-corrected chi connectivity index (χ1v) is 12.3. The molecule has 35 heavy (non-hydrogen) atoms. The summed E-state index contributed by atoms with van der Waals surface area (Å²) in [6.07, 6.45) is 2.11. The number of benzene rings is 1. The number of aryl methyl sites for hydroxylation is 2. The molecule has 1 aromatic carbocycles. The summed E-state index contributed by atoms with van der Waals surface area (Å²) in [5, 5.41) is 9.81. The third-order valence-electron chi connectivity index (χ3n) is 8.16. The number of esters is 1. The minimum atomic E-state index is -1.17. The van der Waals surface area contributed by atoms with Crippen molar-refractivity contribution in [1.29, 1.82) is 0 Å². The molecule has 8 heteroatoms. The number of aliphatic hydroxyl groups excluding tert-OH is 1. The summed E-state index contributed by atoms with van der Waals surface area (Å²) < 4.78 is 12.0. The molecule has 1 aromatic rings. The molecular formula is C27H36N2O6. The minimum Gasteiger partial charge on any atom is -0.466 e. The van der Waals surface area contributed by atoms with Crippen LogP contribution in [0, 0.1) is 31.6 Å². The van der Waals surface area contributed by atoms with Gasteiger partial charge in [-0.2, -0.15) is 0 Å². The van der Waals surface area contributed by atoms with Gasteiger partial charge < -0.3 is 24.4 Å². The molecule has 6 atom stereocenters. The van der Waals surface area contributed by atoms with Crippen LogP contribution in [-0.4, -0.2) is 71.3 Å². The van der Waals surface area contributed by atoms with Gasteiger partial charge in [0.05, 0.1) is 24.7 Å². The highest BCUT2D eigenvalue weighted by atomic mass is 16.6. The summed E-state index contributed by atoms with van der Waals surface area (Å²) in [4.78, 5) is 44.4. The normalized spacial score (nSPS) is 33.1. The minimum absolute atomic E-state index is 0.0216. The SMILES string of the molecule is C=CCN(C(=O)C1N(CCO)C(=O)[C@@H]2[C@H](C(=O)OCC)[C@@]3(C)OC12CC3C)c1cc(C)ccc1C. The van der Waals surface area contributed by atoms with Crippen molar-refractivity contribution in [2.45, 2.75) is 58.3 Å². The molecule has 3 aliphatic rings. The lowest BCUT2D eigenvalue weighted by Crippen LogP contribution is -2.57. The molecule has 2 amide bonds. The van der Waals surface area contributed by atoms with E-state index in [4.69, 9.17) is 9.47 Å². The molecule has 3 unspecified atom stereocenters. The van der Waals surface area contributed by atoms with Gasteiger partial charge in [-0.05, 0) is 57.2 Å². The maximum Gasteiger partial charge on any atom is 0.312 e. The maximum absolute atomic E-state index is 14.4. The van der Waals surface area contributed by atoms with Crippen LogP contribution in [0.25, 0.3) is 0 Å². The summed E-state index contributed by atoms with van der Waals surface area (Å²) in [6, 6.07) is 4.90. The number of ether oxygens (including phenoxy) is 2. The fraction of sp³-hybridized carbons (Fsp3) is 0.593. The van der Waals surface area contributed by atoms with E-state index >= 15 is 0 Å². The Morgan fingerprint density at radius 1 is 1.37 bits per heavy atom. The first-order valence-electron chi connectivity index (χ1n) is 12.3. The van der Waals surface area contributed by atoms with Gasteiger partial charge in [-0.25, -0.2) is 0 Å². The zero-order valence-corrected chi connectivity index (χ0v) is 21.2. The van der Waals surface area contributed by atoms with Gasteiger partial charge in [0.1, 0.15) is 17.6 Å². The van der Waals surface area contributed by atoms with Crippen molar-refractivity contribution in [2.24, 2.45) is 17.8 Å². The third kappa shape index (κ3) is 3.61. The van der Waals surface area contributed by atoms with Crippen molar-refractivity contribution in [2.75, 3.05) is 31.2 Å². The van der Waals surface area contributed by atoms with Gasteiger partial charge in [-0.1, -0.05) is 25.1 Å². The molecule has 2 bridgehead atoms. The highest BCUT2D eigenvalue weighted by Crippen LogP contribution is 2.65. The van der Waals surface area contributed by atoms with Crippen molar-refractivity contribution < 1.29 is 29.0 Å². The standard InChI is InChI=1S/C27H36N2O6/c1-7-11-28(19-14-16(3)9-10-17(19)4)24(32)22-27-15-18(5)26(6,35-27)21(25(33)34-8-2)20(27)23(31)29(22)12-13-30/h7,9-10,14,18,20-22,30H,1,8,11-13,15H2,2-6H3/t18?,20-,21+,22?,26-,27?/m0/s1. The second-order valence-electron chi connectivity index (χ2n) is 10.2. The zero-order chi connectivity index (χ0) is 25.7. The molecule has 0 aliphatic carbocycles. The lowest BCUT2D eigenvalue weighted by molar-refractivity contribution is -0.161. The molecule has 8 nitrogen and oxygen atoms in total. The number of amides is 2. The van der Waals surface area contributed by atoms with Crippen LogP contribution in [0.2, 0.25) is 0 Å². The zero-order valence-electron chi connectivity index (χ0n) is 21.2. The largest absolute Gasteiger partial charge is 0.466 e. The second kappa shape index (κ2) is 9.06. The fourth-order valence-electron chi connectivity index (χ4n) is 6.55. The summed E-state index contributed by atoms with van der Waals surface area (Å²) >= 11 is 0. The van der Waals surface area contributed by atoms with E-state index in [9.17, 15) is 19.5 Å². The van der Waals surface area contributed by atoms with Crippen molar-refractivity contribution in [3.63, 3.8) is 0 Å². The van der Waals surface area contributed by atoms with E-state index in [1.807, 2.05) is 45.9 Å². The Morgan fingerprint density at radius 2 is 2.09 bits per heavy atom. The van der Waals surface area contributed by atoms with E-state index in [1.165, 1.54) is 4.90 Å². The van der Waals surface area contributed by atoms with Crippen molar-refractivity contribution in [3.8, 4) is 0 Å². The smallest absolute Gasteiger partial charge is 0.312 e. The number of fused-ring (bicyclic) bond motifs is 1.